The van der Waals surface area contributed by atoms with Gasteiger partial charge in [-0.25, -0.2) is 0 Å². The second-order valence-corrected chi connectivity index (χ2v) is 4.46. The van der Waals surface area contributed by atoms with Crippen LogP contribution in [0.3, 0.4) is 0 Å². The zero-order valence-corrected chi connectivity index (χ0v) is 10.4. The van der Waals surface area contributed by atoms with E-state index >= 15 is 0 Å². The first kappa shape index (κ1) is 13.0. The van der Waals surface area contributed by atoms with Gasteiger partial charge in [-0.1, -0.05) is 12.1 Å². The number of nitrogens with one attached hydrogen (secondary N) is 1. The van der Waals surface area contributed by atoms with E-state index in [9.17, 15) is 5.11 Å². The SMILES string of the molecule is CC(C)NC(O)c1ccc(OC(C)C)cc1. The fraction of sp³-hybridized carbons (Fsp3) is 0.538. The van der Waals surface area contributed by atoms with E-state index < -0.39 is 6.23 Å². The third-order valence-corrected chi connectivity index (χ3v) is 2.06. The van der Waals surface area contributed by atoms with Crippen LogP contribution in [0.25, 0.3) is 0 Å². The normalized spacial score (nSPS) is 13.2. The molecule has 0 bridgehead atoms. The van der Waals surface area contributed by atoms with Crippen LogP contribution in [0.15, 0.2) is 24.3 Å². The number of hydrogen-bond donors (Lipinski definition) is 2. The Bertz CT molecular complexity index is 306. The van der Waals surface area contributed by atoms with E-state index in [-0.39, 0.29) is 12.1 Å². The summed E-state index contributed by atoms with van der Waals surface area (Å²) in [6, 6.07) is 7.75. The lowest BCUT2D eigenvalue weighted by atomic mass is 10.2. The molecule has 0 aliphatic heterocycles. The van der Waals surface area contributed by atoms with Crippen molar-refractivity contribution in [2.75, 3.05) is 0 Å². The predicted molar refractivity (Wildman–Crippen MR) is 65.4 cm³/mol. The van der Waals surface area contributed by atoms with Gasteiger partial charge in [-0.2, -0.15) is 0 Å². The van der Waals surface area contributed by atoms with Gasteiger partial charge in [0, 0.05) is 6.04 Å². The molecule has 0 aliphatic carbocycles. The molecule has 3 heteroatoms. The van der Waals surface area contributed by atoms with Crippen molar-refractivity contribution in [2.45, 2.75) is 46.1 Å². The largest absolute Gasteiger partial charge is 0.491 e. The van der Waals surface area contributed by atoms with Crippen molar-refractivity contribution in [2.24, 2.45) is 0 Å². The van der Waals surface area contributed by atoms with Gasteiger partial charge in [0.2, 0.25) is 0 Å². The molecular formula is C13H21NO2. The first-order chi connectivity index (χ1) is 7.49. The van der Waals surface area contributed by atoms with Crippen LogP contribution < -0.4 is 10.1 Å². The first-order valence-corrected chi connectivity index (χ1v) is 5.69. The van der Waals surface area contributed by atoms with E-state index in [4.69, 9.17) is 4.74 Å². The molecule has 90 valence electrons. The standard InChI is InChI=1S/C13H21NO2/c1-9(2)14-13(15)11-5-7-12(8-6-11)16-10(3)4/h5-10,13-15H,1-4H3. The van der Waals surface area contributed by atoms with Gasteiger partial charge in [-0.15, -0.1) is 0 Å². The number of rotatable bonds is 5. The summed E-state index contributed by atoms with van der Waals surface area (Å²) in [6.07, 6.45) is -0.447. The summed E-state index contributed by atoms with van der Waals surface area (Å²) < 4.78 is 5.53. The van der Waals surface area contributed by atoms with E-state index in [1.54, 1.807) is 0 Å². The molecule has 1 aromatic carbocycles. The van der Waals surface area contributed by atoms with E-state index in [0.717, 1.165) is 11.3 Å². The average molecular weight is 223 g/mol. The Kier molecular flexibility index (Phi) is 4.77. The number of benzene rings is 1. The van der Waals surface area contributed by atoms with Crippen LogP contribution in [0.4, 0.5) is 0 Å². The zero-order valence-electron chi connectivity index (χ0n) is 10.4. The minimum absolute atomic E-state index is 0.171. The summed E-state index contributed by atoms with van der Waals surface area (Å²) in [5.74, 6) is 0.829. The fourth-order valence-corrected chi connectivity index (χ4v) is 1.41. The Balaban J connectivity index is 2.63. The molecule has 0 heterocycles. The van der Waals surface area contributed by atoms with Gasteiger partial charge in [-0.05, 0) is 45.4 Å². The van der Waals surface area contributed by atoms with Crippen molar-refractivity contribution in [3.63, 3.8) is 0 Å². The van der Waals surface area contributed by atoms with Crippen LogP contribution in [-0.2, 0) is 0 Å². The van der Waals surface area contributed by atoms with E-state index in [0.29, 0.717) is 0 Å². The summed E-state index contributed by atoms with van der Waals surface area (Å²) in [5, 5.41) is 12.8. The molecule has 0 saturated carbocycles. The molecule has 0 aromatic heterocycles. The van der Waals surface area contributed by atoms with E-state index in [1.165, 1.54) is 0 Å². The number of aliphatic hydroxyl groups is 1. The Morgan fingerprint density at radius 1 is 1.06 bits per heavy atom. The lowest BCUT2D eigenvalue weighted by Gasteiger charge is -2.16. The molecule has 3 nitrogen and oxygen atoms in total. The van der Waals surface area contributed by atoms with E-state index in [2.05, 4.69) is 5.32 Å². The second-order valence-electron chi connectivity index (χ2n) is 4.46. The maximum Gasteiger partial charge on any atom is 0.131 e. The average Bonchev–Trinajstić information content (AvgIpc) is 2.16. The lowest BCUT2D eigenvalue weighted by molar-refractivity contribution is 0.129. The third kappa shape index (κ3) is 4.21. The Morgan fingerprint density at radius 3 is 2.06 bits per heavy atom. The minimum Gasteiger partial charge on any atom is -0.491 e. The van der Waals surface area contributed by atoms with Crippen LogP contribution >= 0.6 is 0 Å². The van der Waals surface area contributed by atoms with Crippen LogP contribution in [0.1, 0.15) is 39.5 Å². The second kappa shape index (κ2) is 5.87. The summed E-state index contributed by atoms with van der Waals surface area (Å²) in [6.45, 7) is 7.98. The van der Waals surface area contributed by atoms with Crippen molar-refractivity contribution < 1.29 is 9.84 Å². The highest BCUT2D eigenvalue weighted by molar-refractivity contribution is 5.28. The molecule has 1 aromatic rings. The Hall–Kier alpha value is -1.06. The minimum atomic E-state index is -0.618. The van der Waals surface area contributed by atoms with Crippen molar-refractivity contribution in [3.05, 3.63) is 29.8 Å². The molecule has 0 aliphatic rings. The molecule has 0 amide bonds. The molecule has 0 radical (unpaired) electrons. The molecule has 16 heavy (non-hydrogen) atoms. The monoisotopic (exact) mass is 223 g/mol. The third-order valence-electron chi connectivity index (χ3n) is 2.06. The molecule has 0 fully saturated rings. The van der Waals surface area contributed by atoms with Crippen LogP contribution in [0.2, 0.25) is 0 Å². The number of ether oxygens (including phenoxy) is 1. The Labute approximate surface area is 97.4 Å². The van der Waals surface area contributed by atoms with Gasteiger partial charge >= 0.3 is 0 Å². The van der Waals surface area contributed by atoms with Crippen molar-refractivity contribution in [1.82, 2.24) is 5.32 Å². The molecule has 1 rings (SSSR count). The smallest absolute Gasteiger partial charge is 0.131 e. The highest BCUT2D eigenvalue weighted by atomic mass is 16.5. The van der Waals surface area contributed by atoms with Crippen molar-refractivity contribution in [1.29, 1.82) is 0 Å². The summed E-state index contributed by atoms with van der Waals surface area (Å²) in [4.78, 5) is 0. The molecule has 1 atom stereocenters. The number of aliphatic hydroxyl groups excluding tert-OH is 1. The summed E-state index contributed by atoms with van der Waals surface area (Å²) >= 11 is 0. The maximum atomic E-state index is 9.81. The Morgan fingerprint density at radius 2 is 1.62 bits per heavy atom. The van der Waals surface area contributed by atoms with Crippen molar-refractivity contribution in [3.8, 4) is 5.75 Å². The predicted octanol–water partition coefficient (Wildman–Crippen LogP) is 2.46. The number of hydrogen-bond acceptors (Lipinski definition) is 3. The summed E-state index contributed by atoms with van der Waals surface area (Å²) in [7, 11) is 0. The van der Waals surface area contributed by atoms with Gasteiger partial charge in [0.15, 0.2) is 0 Å². The van der Waals surface area contributed by atoms with Crippen LogP contribution in [-0.4, -0.2) is 17.3 Å². The maximum absolute atomic E-state index is 9.81. The zero-order chi connectivity index (χ0) is 12.1. The van der Waals surface area contributed by atoms with E-state index in [1.807, 2.05) is 52.0 Å². The quantitative estimate of drug-likeness (QED) is 0.753. The molecule has 1 unspecified atom stereocenters. The fourth-order valence-electron chi connectivity index (χ4n) is 1.41. The van der Waals surface area contributed by atoms with Gasteiger partial charge in [0.05, 0.1) is 6.10 Å². The van der Waals surface area contributed by atoms with Crippen molar-refractivity contribution >= 4 is 0 Å². The molecule has 2 N–H and O–H groups in total. The highest BCUT2D eigenvalue weighted by Gasteiger charge is 2.08. The van der Waals surface area contributed by atoms with Gasteiger partial charge in [0.25, 0.3) is 0 Å². The molecule has 0 saturated heterocycles. The van der Waals surface area contributed by atoms with Gasteiger partial charge < -0.3 is 9.84 Å². The van der Waals surface area contributed by atoms with Crippen LogP contribution in [0.5, 0.6) is 5.75 Å². The first-order valence-electron chi connectivity index (χ1n) is 5.69. The van der Waals surface area contributed by atoms with Crippen LogP contribution in [0, 0.1) is 0 Å². The topological polar surface area (TPSA) is 41.5 Å². The summed E-state index contributed by atoms with van der Waals surface area (Å²) in [5.41, 5.74) is 0.852. The lowest BCUT2D eigenvalue weighted by Crippen LogP contribution is -2.27. The van der Waals surface area contributed by atoms with Gasteiger partial charge in [0.1, 0.15) is 12.0 Å². The van der Waals surface area contributed by atoms with Gasteiger partial charge in [-0.3, -0.25) is 5.32 Å². The highest BCUT2D eigenvalue weighted by Crippen LogP contribution is 2.17. The molecule has 0 spiro atoms. The molecular weight excluding hydrogens is 202 g/mol.